The van der Waals surface area contributed by atoms with Crippen LogP contribution in [-0.2, 0) is 0 Å². The van der Waals surface area contributed by atoms with Gasteiger partial charge in [-0.3, -0.25) is 0 Å². The van der Waals surface area contributed by atoms with E-state index >= 15 is 4.39 Å². The lowest BCUT2D eigenvalue weighted by molar-refractivity contribution is 0.458. The van der Waals surface area contributed by atoms with E-state index < -0.39 is 46.3 Å². The minimum absolute atomic E-state index is 0.0590. The molecule has 5 rings (SSSR count). The Labute approximate surface area is 182 Å². The van der Waals surface area contributed by atoms with Gasteiger partial charge in [0.05, 0.1) is 5.56 Å². The smallest absolute Gasteiger partial charge is 0.169 e. The minimum Gasteiger partial charge on any atom is -0.206 e. The van der Waals surface area contributed by atoms with Gasteiger partial charge in [0.15, 0.2) is 34.9 Å². The highest BCUT2D eigenvalue weighted by molar-refractivity contribution is 6.21. The van der Waals surface area contributed by atoms with Gasteiger partial charge in [0, 0.05) is 22.6 Å². The van der Waals surface area contributed by atoms with Gasteiger partial charge in [0.2, 0.25) is 0 Å². The first-order valence-corrected chi connectivity index (χ1v) is 9.71. The third kappa shape index (κ3) is 3.15. The normalized spacial score (nSPS) is 11.5. The monoisotopic (exact) mass is 456 g/mol. The summed E-state index contributed by atoms with van der Waals surface area (Å²) in [5, 5.41) is 0.134. The molecular formula is C26H11F7. The van der Waals surface area contributed by atoms with E-state index in [1.807, 2.05) is 0 Å². The summed E-state index contributed by atoms with van der Waals surface area (Å²) in [6.45, 7) is 0. The quantitative estimate of drug-likeness (QED) is 0.142. The predicted octanol–water partition coefficient (Wildman–Crippen LogP) is 8.30. The number of hydrogen-bond donors (Lipinski definition) is 0. The van der Waals surface area contributed by atoms with Gasteiger partial charge in [0.25, 0.3) is 0 Å². The zero-order chi connectivity index (χ0) is 23.4. The Morgan fingerprint density at radius 1 is 0.394 bits per heavy atom. The van der Waals surface area contributed by atoms with E-state index in [2.05, 4.69) is 0 Å². The third-order valence-corrected chi connectivity index (χ3v) is 5.57. The fraction of sp³-hybridized carbons (Fsp3) is 0. The Balaban J connectivity index is 2.06. The molecule has 0 nitrogen and oxygen atoms in total. The second-order valence-corrected chi connectivity index (χ2v) is 7.43. The molecule has 0 aliphatic heterocycles. The SMILES string of the molecule is Fc1ccc(-c2c3ccccc3c(-c3c(F)c(F)cc(F)c3F)c3cccc(F)c23)cc1F. The molecule has 0 radical (unpaired) electrons. The van der Waals surface area contributed by atoms with E-state index in [1.54, 1.807) is 6.07 Å². The van der Waals surface area contributed by atoms with E-state index in [4.69, 9.17) is 0 Å². The number of benzene rings is 5. The molecule has 0 saturated heterocycles. The molecule has 5 aromatic carbocycles. The maximum absolute atomic E-state index is 15.2. The summed E-state index contributed by atoms with van der Waals surface area (Å²) in [7, 11) is 0. The molecule has 0 fully saturated rings. The standard InChI is InChI=1S/C26H11F7/c27-16-9-8-12(10-18(16)29)21-13-4-1-2-5-14(13)22(15-6-3-7-17(28)23(15)21)24-25(32)19(30)11-20(31)26(24)33/h1-11H. The van der Waals surface area contributed by atoms with Crippen LogP contribution in [0.4, 0.5) is 30.7 Å². The predicted molar refractivity (Wildman–Crippen MR) is 112 cm³/mol. The Bertz CT molecular complexity index is 1560. The number of fused-ring (bicyclic) bond motifs is 2. The summed E-state index contributed by atoms with van der Waals surface area (Å²) in [5.74, 6) is -9.59. The van der Waals surface area contributed by atoms with Crippen LogP contribution >= 0.6 is 0 Å². The average Bonchev–Trinajstić information content (AvgIpc) is 2.80. The van der Waals surface area contributed by atoms with Gasteiger partial charge >= 0.3 is 0 Å². The van der Waals surface area contributed by atoms with Crippen LogP contribution in [0.2, 0.25) is 0 Å². The van der Waals surface area contributed by atoms with Crippen molar-refractivity contribution in [1.82, 2.24) is 0 Å². The van der Waals surface area contributed by atoms with E-state index in [1.165, 1.54) is 36.4 Å². The molecule has 0 bridgehead atoms. The molecule has 7 heteroatoms. The van der Waals surface area contributed by atoms with Gasteiger partial charge in [-0.1, -0.05) is 42.5 Å². The summed E-state index contributed by atoms with van der Waals surface area (Å²) >= 11 is 0. The zero-order valence-electron chi connectivity index (χ0n) is 16.5. The number of hydrogen-bond acceptors (Lipinski definition) is 0. The fourth-order valence-corrected chi connectivity index (χ4v) is 4.20. The summed E-state index contributed by atoms with van der Waals surface area (Å²) in [6, 6.07) is 12.8. The molecule has 0 aliphatic rings. The van der Waals surface area contributed by atoms with Crippen LogP contribution < -0.4 is 0 Å². The zero-order valence-corrected chi connectivity index (χ0v) is 16.5. The van der Waals surface area contributed by atoms with Crippen molar-refractivity contribution in [2.24, 2.45) is 0 Å². The van der Waals surface area contributed by atoms with Crippen molar-refractivity contribution in [2.45, 2.75) is 0 Å². The van der Waals surface area contributed by atoms with Crippen molar-refractivity contribution in [3.05, 3.63) is 107 Å². The molecule has 5 aromatic rings. The minimum atomic E-state index is -1.63. The van der Waals surface area contributed by atoms with Crippen molar-refractivity contribution >= 4 is 21.5 Å². The molecule has 0 saturated carbocycles. The van der Waals surface area contributed by atoms with Gasteiger partial charge in [0.1, 0.15) is 5.82 Å². The number of rotatable bonds is 2. The maximum atomic E-state index is 15.2. The summed E-state index contributed by atoms with van der Waals surface area (Å²) in [5.41, 5.74) is -1.01. The summed E-state index contributed by atoms with van der Waals surface area (Å²) < 4.78 is 101. The van der Waals surface area contributed by atoms with Crippen LogP contribution in [0.3, 0.4) is 0 Å². The van der Waals surface area contributed by atoms with Gasteiger partial charge in [-0.25, -0.2) is 30.7 Å². The van der Waals surface area contributed by atoms with E-state index in [9.17, 15) is 26.3 Å². The van der Waals surface area contributed by atoms with Crippen molar-refractivity contribution in [1.29, 1.82) is 0 Å². The Morgan fingerprint density at radius 3 is 1.64 bits per heavy atom. The average molecular weight is 456 g/mol. The van der Waals surface area contributed by atoms with Crippen molar-refractivity contribution in [3.8, 4) is 22.3 Å². The second-order valence-electron chi connectivity index (χ2n) is 7.43. The van der Waals surface area contributed by atoms with E-state index in [0.29, 0.717) is 0 Å². The van der Waals surface area contributed by atoms with Gasteiger partial charge in [-0.15, -0.1) is 0 Å². The summed E-state index contributed by atoms with van der Waals surface area (Å²) in [4.78, 5) is 0. The fourth-order valence-electron chi connectivity index (χ4n) is 4.20. The first-order chi connectivity index (χ1) is 15.8. The molecule has 0 unspecified atom stereocenters. The third-order valence-electron chi connectivity index (χ3n) is 5.57. The van der Waals surface area contributed by atoms with Crippen LogP contribution in [0.1, 0.15) is 0 Å². The molecule has 0 atom stereocenters. The van der Waals surface area contributed by atoms with Crippen LogP contribution in [0.5, 0.6) is 0 Å². The highest BCUT2D eigenvalue weighted by Crippen LogP contribution is 2.46. The second kappa shape index (κ2) is 7.62. The largest absolute Gasteiger partial charge is 0.206 e. The topological polar surface area (TPSA) is 0 Å². The van der Waals surface area contributed by atoms with Gasteiger partial charge in [-0.05, 0) is 39.9 Å². The highest BCUT2D eigenvalue weighted by atomic mass is 19.2. The Kier molecular flexibility index (Phi) is 4.85. The lowest BCUT2D eigenvalue weighted by atomic mass is 9.85. The highest BCUT2D eigenvalue weighted by Gasteiger charge is 2.26. The molecule has 33 heavy (non-hydrogen) atoms. The van der Waals surface area contributed by atoms with Gasteiger partial charge in [-0.2, -0.15) is 0 Å². The van der Waals surface area contributed by atoms with E-state index in [0.717, 1.165) is 18.2 Å². The van der Waals surface area contributed by atoms with Gasteiger partial charge < -0.3 is 0 Å². The van der Waals surface area contributed by atoms with Crippen molar-refractivity contribution in [3.63, 3.8) is 0 Å². The lowest BCUT2D eigenvalue weighted by Gasteiger charge is -2.19. The Morgan fingerprint density at radius 2 is 1.00 bits per heavy atom. The molecule has 0 aliphatic carbocycles. The van der Waals surface area contributed by atoms with E-state index in [-0.39, 0.29) is 44.3 Å². The summed E-state index contributed by atoms with van der Waals surface area (Å²) in [6.07, 6.45) is 0. The van der Waals surface area contributed by atoms with Crippen molar-refractivity contribution < 1.29 is 30.7 Å². The van der Waals surface area contributed by atoms with Crippen LogP contribution in [-0.4, -0.2) is 0 Å². The molecule has 164 valence electrons. The maximum Gasteiger partial charge on any atom is 0.169 e. The molecule has 0 spiro atoms. The molecule has 0 N–H and O–H groups in total. The lowest BCUT2D eigenvalue weighted by Crippen LogP contribution is -2.01. The molecule has 0 amide bonds. The molecular weight excluding hydrogens is 445 g/mol. The molecule has 0 aromatic heterocycles. The first-order valence-electron chi connectivity index (χ1n) is 9.71. The van der Waals surface area contributed by atoms with Crippen LogP contribution in [0.15, 0.2) is 66.7 Å². The first kappa shape index (κ1) is 21.0. The number of halogens is 7. The molecule has 0 heterocycles. The van der Waals surface area contributed by atoms with Crippen molar-refractivity contribution in [2.75, 3.05) is 0 Å². The van der Waals surface area contributed by atoms with Crippen LogP contribution in [0.25, 0.3) is 43.8 Å². The van der Waals surface area contributed by atoms with Crippen LogP contribution in [0, 0.1) is 40.7 Å². The Hall–Kier alpha value is -3.87.